The highest BCUT2D eigenvalue weighted by Crippen LogP contribution is 2.07. The van der Waals surface area contributed by atoms with Gasteiger partial charge in [-0.1, -0.05) is 30.3 Å². The van der Waals surface area contributed by atoms with E-state index in [1.54, 1.807) is 0 Å². The third-order valence-corrected chi connectivity index (χ3v) is 3.09. The summed E-state index contributed by atoms with van der Waals surface area (Å²) < 4.78 is 0. The van der Waals surface area contributed by atoms with Crippen molar-refractivity contribution in [3.63, 3.8) is 0 Å². The summed E-state index contributed by atoms with van der Waals surface area (Å²) in [5.74, 6) is -0.229. The Morgan fingerprint density at radius 3 is 2.88 bits per heavy atom. The van der Waals surface area contributed by atoms with E-state index >= 15 is 0 Å². The molecule has 1 aliphatic heterocycles. The van der Waals surface area contributed by atoms with Crippen molar-refractivity contribution in [1.29, 1.82) is 0 Å². The molecule has 4 nitrogen and oxygen atoms in total. The van der Waals surface area contributed by atoms with Crippen molar-refractivity contribution in [2.75, 3.05) is 19.8 Å². The minimum absolute atomic E-state index is 0.225. The van der Waals surface area contributed by atoms with Crippen molar-refractivity contribution >= 4 is 5.91 Å². The van der Waals surface area contributed by atoms with E-state index in [1.165, 1.54) is 5.56 Å². The SMILES string of the molecule is NC(=O)CC1CN(CCc2ccccc2)CN1. The lowest BCUT2D eigenvalue weighted by Crippen LogP contribution is -2.29. The summed E-state index contributed by atoms with van der Waals surface area (Å²) in [6, 6.07) is 10.7. The number of hydrogen-bond donors (Lipinski definition) is 2. The standard InChI is InChI=1S/C13H19N3O/c14-13(17)8-12-9-16(10-15-12)7-6-11-4-2-1-3-5-11/h1-5,12,15H,6-10H2,(H2,14,17). The summed E-state index contributed by atoms with van der Waals surface area (Å²) in [6.07, 6.45) is 1.48. The first-order valence-electron chi connectivity index (χ1n) is 6.02. The Bertz CT molecular complexity index is 366. The molecule has 1 unspecified atom stereocenters. The number of rotatable bonds is 5. The van der Waals surface area contributed by atoms with Gasteiger partial charge in [-0.15, -0.1) is 0 Å². The zero-order chi connectivity index (χ0) is 12.1. The number of amides is 1. The fourth-order valence-corrected chi connectivity index (χ4v) is 2.18. The van der Waals surface area contributed by atoms with Gasteiger partial charge >= 0.3 is 0 Å². The lowest BCUT2D eigenvalue weighted by atomic mass is 10.1. The maximum atomic E-state index is 10.8. The number of nitrogens with two attached hydrogens (primary N) is 1. The highest BCUT2D eigenvalue weighted by molar-refractivity contribution is 5.74. The van der Waals surface area contributed by atoms with Gasteiger partial charge in [-0.25, -0.2) is 0 Å². The van der Waals surface area contributed by atoms with E-state index in [-0.39, 0.29) is 11.9 Å². The molecule has 0 aromatic heterocycles. The van der Waals surface area contributed by atoms with Gasteiger partial charge in [0.25, 0.3) is 0 Å². The first-order chi connectivity index (χ1) is 8.24. The Morgan fingerprint density at radius 1 is 1.41 bits per heavy atom. The van der Waals surface area contributed by atoms with Gasteiger partial charge in [0, 0.05) is 32.2 Å². The first-order valence-corrected chi connectivity index (χ1v) is 6.02. The molecule has 1 atom stereocenters. The average Bonchev–Trinajstić information content (AvgIpc) is 2.75. The molecule has 1 amide bonds. The highest BCUT2D eigenvalue weighted by atomic mass is 16.1. The lowest BCUT2D eigenvalue weighted by Gasteiger charge is -2.14. The predicted octanol–water partition coefficient (Wildman–Crippen LogP) is 0.336. The molecule has 1 fully saturated rings. The summed E-state index contributed by atoms with van der Waals surface area (Å²) >= 11 is 0. The van der Waals surface area contributed by atoms with Gasteiger partial charge in [-0.05, 0) is 12.0 Å². The molecule has 1 aromatic carbocycles. The Hall–Kier alpha value is -1.39. The van der Waals surface area contributed by atoms with Crippen LogP contribution in [0.15, 0.2) is 30.3 Å². The van der Waals surface area contributed by atoms with E-state index in [0.29, 0.717) is 6.42 Å². The van der Waals surface area contributed by atoms with Crippen LogP contribution in [0.3, 0.4) is 0 Å². The summed E-state index contributed by atoms with van der Waals surface area (Å²) in [4.78, 5) is 13.1. The lowest BCUT2D eigenvalue weighted by molar-refractivity contribution is -0.118. The molecule has 1 saturated heterocycles. The minimum atomic E-state index is -0.229. The van der Waals surface area contributed by atoms with Crippen LogP contribution in [0, 0.1) is 0 Å². The molecule has 1 aliphatic rings. The van der Waals surface area contributed by atoms with Crippen LogP contribution >= 0.6 is 0 Å². The molecule has 0 spiro atoms. The monoisotopic (exact) mass is 233 g/mol. The van der Waals surface area contributed by atoms with E-state index in [9.17, 15) is 4.79 Å². The molecule has 1 heterocycles. The van der Waals surface area contributed by atoms with Crippen molar-refractivity contribution in [2.45, 2.75) is 18.9 Å². The molecule has 0 saturated carbocycles. The highest BCUT2D eigenvalue weighted by Gasteiger charge is 2.22. The van der Waals surface area contributed by atoms with E-state index < -0.39 is 0 Å². The maximum absolute atomic E-state index is 10.8. The van der Waals surface area contributed by atoms with Gasteiger partial charge in [0.2, 0.25) is 5.91 Å². The number of benzene rings is 1. The van der Waals surface area contributed by atoms with Crippen LogP contribution < -0.4 is 11.1 Å². The summed E-state index contributed by atoms with van der Waals surface area (Å²) in [5.41, 5.74) is 6.54. The second-order valence-corrected chi connectivity index (χ2v) is 4.54. The number of nitrogens with zero attached hydrogens (tertiary/aromatic N) is 1. The molecule has 0 aliphatic carbocycles. The fraction of sp³-hybridized carbons (Fsp3) is 0.462. The van der Waals surface area contributed by atoms with Crippen LogP contribution in [0.4, 0.5) is 0 Å². The summed E-state index contributed by atoms with van der Waals surface area (Å²) in [6.45, 7) is 2.78. The fourth-order valence-electron chi connectivity index (χ4n) is 2.18. The van der Waals surface area contributed by atoms with Gasteiger partial charge in [-0.3, -0.25) is 15.0 Å². The average molecular weight is 233 g/mol. The normalized spacial score (nSPS) is 20.6. The summed E-state index contributed by atoms with van der Waals surface area (Å²) in [5, 5.41) is 3.30. The van der Waals surface area contributed by atoms with Gasteiger partial charge in [0.1, 0.15) is 0 Å². The molecule has 3 N–H and O–H groups in total. The van der Waals surface area contributed by atoms with Crippen LogP contribution in [-0.4, -0.2) is 36.6 Å². The molecule has 17 heavy (non-hydrogen) atoms. The molecule has 2 rings (SSSR count). The predicted molar refractivity (Wildman–Crippen MR) is 67.3 cm³/mol. The van der Waals surface area contributed by atoms with E-state index in [2.05, 4.69) is 34.5 Å². The van der Waals surface area contributed by atoms with E-state index in [1.807, 2.05) is 6.07 Å². The summed E-state index contributed by atoms with van der Waals surface area (Å²) in [7, 11) is 0. The molecular formula is C13H19N3O. The number of primary amides is 1. The second kappa shape index (κ2) is 5.80. The molecule has 92 valence electrons. The van der Waals surface area contributed by atoms with E-state index in [0.717, 1.165) is 26.2 Å². The number of carbonyl (C=O) groups is 1. The van der Waals surface area contributed by atoms with Gasteiger partial charge in [0.15, 0.2) is 0 Å². The van der Waals surface area contributed by atoms with Crippen LogP contribution in [-0.2, 0) is 11.2 Å². The van der Waals surface area contributed by atoms with Gasteiger partial charge < -0.3 is 5.73 Å². The van der Waals surface area contributed by atoms with Gasteiger partial charge in [0.05, 0.1) is 0 Å². The third kappa shape index (κ3) is 3.84. The molecule has 4 heteroatoms. The number of hydrogen-bond acceptors (Lipinski definition) is 3. The van der Waals surface area contributed by atoms with E-state index in [4.69, 9.17) is 5.73 Å². The van der Waals surface area contributed by atoms with Crippen molar-refractivity contribution in [2.24, 2.45) is 5.73 Å². The zero-order valence-corrected chi connectivity index (χ0v) is 9.93. The Balaban J connectivity index is 1.73. The van der Waals surface area contributed by atoms with Crippen molar-refractivity contribution < 1.29 is 4.79 Å². The van der Waals surface area contributed by atoms with Crippen LogP contribution in [0.5, 0.6) is 0 Å². The smallest absolute Gasteiger partial charge is 0.219 e. The minimum Gasteiger partial charge on any atom is -0.370 e. The topological polar surface area (TPSA) is 58.4 Å². The largest absolute Gasteiger partial charge is 0.370 e. The third-order valence-electron chi connectivity index (χ3n) is 3.09. The molecule has 1 aromatic rings. The Kier molecular flexibility index (Phi) is 4.12. The van der Waals surface area contributed by atoms with Crippen molar-refractivity contribution in [3.8, 4) is 0 Å². The number of carbonyl (C=O) groups excluding carboxylic acids is 1. The molecular weight excluding hydrogens is 214 g/mol. The van der Waals surface area contributed by atoms with Crippen LogP contribution in [0.1, 0.15) is 12.0 Å². The number of nitrogens with one attached hydrogen (secondary N) is 1. The second-order valence-electron chi connectivity index (χ2n) is 4.54. The van der Waals surface area contributed by atoms with Gasteiger partial charge in [-0.2, -0.15) is 0 Å². The van der Waals surface area contributed by atoms with Crippen LogP contribution in [0.25, 0.3) is 0 Å². The first kappa shape index (κ1) is 12.1. The molecule has 0 bridgehead atoms. The Morgan fingerprint density at radius 2 is 2.18 bits per heavy atom. The zero-order valence-electron chi connectivity index (χ0n) is 9.93. The van der Waals surface area contributed by atoms with Crippen molar-refractivity contribution in [1.82, 2.24) is 10.2 Å². The maximum Gasteiger partial charge on any atom is 0.219 e. The quantitative estimate of drug-likeness (QED) is 0.771. The van der Waals surface area contributed by atoms with Crippen molar-refractivity contribution in [3.05, 3.63) is 35.9 Å². The Labute approximate surface area is 102 Å². The molecule has 0 radical (unpaired) electrons. The van der Waals surface area contributed by atoms with Crippen LogP contribution in [0.2, 0.25) is 0 Å².